The smallest absolute Gasteiger partial charge is 0.497 e. The normalized spacial score (nSPS) is 10.7. The van der Waals surface area contributed by atoms with E-state index in [1.165, 1.54) is 0 Å². The molecule has 10 aromatic carbocycles. The first-order chi connectivity index (χ1) is 42.1. The summed E-state index contributed by atoms with van der Waals surface area (Å²) in [6, 6.07) is 97.4. The van der Waals surface area contributed by atoms with Crippen molar-refractivity contribution in [2.45, 2.75) is 0 Å². The van der Waals surface area contributed by atoms with E-state index in [1.807, 2.05) is 176 Å². The molecule has 0 atom stereocenters. The van der Waals surface area contributed by atoms with Crippen LogP contribution in [0.4, 0.5) is 0 Å². The van der Waals surface area contributed by atoms with Crippen molar-refractivity contribution in [3.8, 4) is 68.3 Å². The zero-order valence-electron chi connectivity index (χ0n) is 46.3. The van der Waals surface area contributed by atoms with Gasteiger partial charge < -0.3 is 39.1 Å². The molecule has 9 nitrogen and oxygen atoms in total. The standard InChI is InChI=1S/C26H14N2O.C26H16N2O.C24H14N2O.3Pt/c1-3-19-7-5-17-9-11-21(15-23(17)25(19)27-13-1)29-22-12-10-18-6-8-20-4-2-14-28-26(20)24(18)16-22;1-2-13-25-19(7-1)14-15-26(28-25)21-9-6-11-23(18-21)29-22-10-5-8-20(17-22)24-12-3-4-16-27-24;1-2-13-25-23(8-1)19-5-3-7-20(15-19)27-21-12-11-17-9-10-18-6-4-14-26-24(18)22(17)16-21;;;/h1-14H;1-16H;1-14H;;;/q3*-2;3*+2. The van der Waals surface area contributed by atoms with Gasteiger partial charge in [0.2, 0.25) is 0 Å². The van der Waals surface area contributed by atoms with Crippen LogP contribution in [-0.4, -0.2) is 29.9 Å². The summed E-state index contributed by atoms with van der Waals surface area (Å²) < 4.78 is 18.2. The van der Waals surface area contributed by atoms with Crippen LogP contribution in [0, 0.1) is 36.4 Å². The zero-order valence-corrected chi connectivity index (χ0v) is 53.1. The molecule has 88 heavy (non-hydrogen) atoms. The Morgan fingerprint density at radius 2 is 0.557 bits per heavy atom. The summed E-state index contributed by atoms with van der Waals surface area (Å²) in [7, 11) is 0. The summed E-state index contributed by atoms with van der Waals surface area (Å²) in [5, 5.41) is 10.5. The fraction of sp³-hybridized carbons (Fsp3) is 0. The third-order valence-corrected chi connectivity index (χ3v) is 14.1. The number of hydrogen-bond acceptors (Lipinski definition) is 9. The number of nitrogens with zero attached hydrogens (tertiary/aromatic N) is 6. The molecule has 0 bridgehead atoms. The molecule has 0 aliphatic rings. The van der Waals surface area contributed by atoms with Gasteiger partial charge in [-0.1, -0.05) is 146 Å². The third kappa shape index (κ3) is 13.5. The van der Waals surface area contributed by atoms with Crippen molar-refractivity contribution in [3.05, 3.63) is 304 Å². The van der Waals surface area contributed by atoms with Gasteiger partial charge in [-0.2, -0.15) is 0 Å². The number of benzene rings is 10. The molecule has 0 N–H and O–H groups in total. The van der Waals surface area contributed by atoms with Crippen LogP contribution in [0.25, 0.3) is 110 Å². The minimum absolute atomic E-state index is 0. The van der Waals surface area contributed by atoms with Gasteiger partial charge in [-0.15, -0.1) is 140 Å². The molecule has 0 saturated heterocycles. The number of fused-ring (bicyclic) bond motifs is 10. The molecule has 0 aliphatic carbocycles. The summed E-state index contributed by atoms with van der Waals surface area (Å²) in [5.74, 6) is 3.77. The minimum Gasteiger partial charge on any atom is -0.497 e. The second kappa shape index (κ2) is 27.8. The SMILES string of the molecule is [Pt+2].[Pt+2].[Pt+2].[c-]1c(Oc2[c-]c(-c3ccc4ccccc4n3)ccc2)cccc1-c1ccccn1.[c-]1c(Oc2[c-]c3c(cc2)ccc2cccnc23)ccc2ccc3cccnc3c12.[c-]1c(Oc2[c-]c3c(cc2)ccc2cccnc23)cccc1-c1ccccn1. The van der Waals surface area contributed by atoms with Crippen molar-refractivity contribution in [2.24, 2.45) is 0 Å². The van der Waals surface area contributed by atoms with Crippen molar-refractivity contribution < 1.29 is 77.4 Å². The molecule has 16 aromatic rings. The van der Waals surface area contributed by atoms with Crippen molar-refractivity contribution in [1.82, 2.24) is 29.9 Å². The zero-order chi connectivity index (χ0) is 56.7. The van der Waals surface area contributed by atoms with Gasteiger partial charge in [-0.25, -0.2) is 0 Å². The van der Waals surface area contributed by atoms with Crippen LogP contribution in [0.3, 0.4) is 0 Å². The molecule has 12 heteroatoms. The topological polar surface area (TPSA) is 105 Å². The van der Waals surface area contributed by atoms with Crippen LogP contribution < -0.4 is 14.2 Å². The molecule has 0 radical (unpaired) electrons. The monoisotopic (exact) mass is 1670 g/mol. The maximum absolute atomic E-state index is 6.13. The Hall–Kier alpha value is -9.62. The van der Waals surface area contributed by atoms with Crippen molar-refractivity contribution >= 4 is 75.9 Å². The molecule has 6 aromatic heterocycles. The largest absolute Gasteiger partial charge is 2.00 e. The van der Waals surface area contributed by atoms with Gasteiger partial charge in [-0.3, -0.25) is 4.98 Å². The summed E-state index contributed by atoms with van der Waals surface area (Å²) in [5.41, 5.74) is 8.97. The van der Waals surface area contributed by atoms with Crippen LogP contribution in [0.5, 0.6) is 34.5 Å². The number of pyridine rings is 6. The number of ether oxygens (including phenoxy) is 3. The van der Waals surface area contributed by atoms with E-state index in [1.54, 1.807) is 31.0 Å². The molecule has 0 fully saturated rings. The second-order valence-electron chi connectivity index (χ2n) is 19.7. The molecule has 0 aliphatic heterocycles. The molecular formula is C76H44N6O3Pt3. The van der Waals surface area contributed by atoms with E-state index in [-0.39, 0.29) is 63.2 Å². The van der Waals surface area contributed by atoms with Gasteiger partial charge in [0.15, 0.2) is 0 Å². The predicted molar refractivity (Wildman–Crippen MR) is 338 cm³/mol. The van der Waals surface area contributed by atoms with Gasteiger partial charge in [-0.05, 0) is 91.6 Å². The summed E-state index contributed by atoms with van der Waals surface area (Å²) >= 11 is 0. The van der Waals surface area contributed by atoms with E-state index in [4.69, 9.17) is 19.2 Å². The second-order valence-corrected chi connectivity index (χ2v) is 19.7. The first kappa shape index (κ1) is 60.1. The summed E-state index contributed by atoms with van der Waals surface area (Å²) in [6.45, 7) is 0. The Morgan fingerprint density at radius 3 is 0.966 bits per heavy atom. The molecular weight excluding hydrogens is 1630 g/mol. The maximum Gasteiger partial charge on any atom is 2.00 e. The molecule has 6 heterocycles. The first-order valence-corrected chi connectivity index (χ1v) is 27.5. The molecule has 0 spiro atoms. The maximum atomic E-state index is 6.13. The average molecular weight is 1670 g/mol. The van der Waals surface area contributed by atoms with Crippen LogP contribution >= 0.6 is 0 Å². The van der Waals surface area contributed by atoms with E-state index in [0.717, 1.165) is 110 Å². The Balaban J connectivity index is 0.000000134. The average Bonchev–Trinajstić information content (AvgIpc) is 3.54. The molecule has 426 valence electrons. The van der Waals surface area contributed by atoms with E-state index >= 15 is 0 Å². The third-order valence-electron chi connectivity index (χ3n) is 14.1. The molecule has 0 unspecified atom stereocenters. The number of aromatic nitrogens is 6. The molecule has 0 amide bonds. The van der Waals surface area contributed by atoms with Crippen LogP contribution in [-0.2, 0) is 63.2 Å². The van der Waals surface area contributed by atoms with Gasteiger partial charge in [0, 0.05) is 65.5 Å². The predicted octanol–water partition coefficient (Wildman–Crippen LogP) is 18.7. The fourth-order valence-corrected chi connectivity index (χ4v) is 10.0. The number of rotatable bonds is 9. The van der Waals surface area contributed by atoms with E-state index in [2.05, 4.69) is 122 Å². The van der Waals surface area contributed by atoms with Gasteiger partial charge in [0.1, 0.15) is 0 Å². The van der Waals surface area contributed by atoms with E-state index in [0.29, 0.717) is 34.5 Å². The first-order valence-electron chi connectivity index (χ1n) is 27.5. The van der Waals surface area contributed by atoms with E-state index < -0.39 is 0 Å². The van der Waals surface area contributed by atoms with E-state index in [9.17, 15) is 0 Å². The number of para-hydroxylation sites is 1. The fourth-order valence-electron chi connectivity index (χ4n) is 10.0. The number of hydrogen-bond donors (Lipinski definition) is 0. The van der Waals surface area contributed by atoms with Crippen molar-refractivity contribution in [2.75, 3.05) is 0 Å². The van der Waals surface area contributed by atoms with Gasteiger partial charge in [0.05, 0.1) is 5.52 Å². The Kier molecular flexibility index (Phi) is 19.0. The summed E-state index contributed by atoms with van der Waals surface area (Å²) in [4.78, 5) is 27.1. The molecule has 16 rings (SSSR count). The van der Waals surface area contributed by atoms with Crippen LogP contribution in [0.15, 0.2) is 268 Å². The Bertz CT molecular complexity index is 4980. The minimum atomic E-state index is 0. The quantitative estimate of drug-likeness (QED) is 0.103. The van der Waals surface area contributed by atoms with Crippen LogP contribution in [0.1, 0.15) is 0 Å². The van der Waals surface area contributed by atoms with Crippen molar-refractivity contribution in [3.63, 3.8) is 0 Å². The Labute approximate surface area is 550 Å². The van der Waals surface area contributed by atoms with Gasteiger partial charge >= 0.3 is 63.2 Å². The van der Waals surface area contributed by atoms with Gasteiger partial charge in [0.25, 0.3) is 0 Å². The van der Waals surface area contributed by atoms with Crippen molar-refractivity contribution in [1.29, 1.82) is 0 Å². The molecule has 0 saturated carbocycles. The van der Waals surface area contributed by atoms with Crippen LogP contribution in [0.2, 0.25) is 0 Å². The Morgan fingerprint density at radius 1 is 0.227 bits per heavy atom. The summed E-state index contributed by atoms with van der Waals surface area (Å²) in [6.07, 6.45) is 8.94.